The first kappa shape index (κ1) is 17.2. The normalized spacial score (nSPS) is 11.4. The van der Waals surface area contributed by atoms with Crippen LogP contribution in [0.2, 0.25) is 0 Å². The Morgan fingerprint density at radius 2 is 1.79 bits per heavy atom. The zero-order valence-corrected chi connectivity index (χ0v) is 13.5. The van der Waals surface area contributed by atoms with Gasteiger partial charge in [0, 0.05) is 11.9 Å². The minimum absolute atomic E-state index is 0.0755. The van der Waals surface area contributed by atoms with Crippen molar-refractivity contribution in [1.29, 1.82) is 5.26 Å². The highest BCUT2D eigenvalue weighted by atomic mass is 16.2. The predicted molar refractivity (Wildman–Crippen MR) is 89.7 cm³/mol. The Bertz CT molecular complexity index is 749. The average Bonchev–Trinajstić information content (AvgIpc) is 2.60. The molecular formula is C18H18N4O2. The van der Waals surface area contributed by atoms with Crippen molar-refractivity contribution in [2.45, 2.75) is 19.9 Å². The van der Waals surface area contributed by atoms with Gasteiger partial charge in [-0.3, -0.25) is 14.6 Å². The van der Waals surface area contributed by atoms with Crippen LogP contribution in [0.3, 0.4) is 0 Å². The van der Waals surface area contributed by atoms with Crippen LogP contribution in [0.4, 0.5) is 5.69 Å². The topological polar surface area (TPSA) is 94.9 Å². The SMILES string of the molecule is CC(C)C(NC(=O)C(=O)Nc1ccc(C#N)cc1)c1ccccn1. The second kappa shape index (κ2) is 7.88. The molecular weight excluding hydrogens is 304 g/mol. The molecule has 0 aliphatic heterocycles. The summed E-state index contributed by atoms with van der Waals surface area (Å²) in [5.74, 6) is -1.42. The first-order valence-electron chi connectivity index (χ1n) is 7.54. The van der Waals surface area contributed by atoms with Gasteiger partial charge in [-0.2, -0.15) is 5.26 Å². The number of nitriles is 1. The number of rotatable bonds is 4. The predicted octanol–water partition coefficient (Wildman–Crippen LogP) is 2.41. The molecule has 1 atom stereocenters. The highest BCUT2D eigenvalue weighted by molar-refractivity contribution is 6.39. The lowest BCUT2D eigenvalue weighted by Gasteiger charge is -2.21. The summed E-state index contributed by atoms with van der Waals surface area (Å²) < 4.78 is 0. The lowest BCUT2D eigenvalue weighted by molar-refractivity contribution is -0.136. The zero-order chi connectivity index (χ0) is 17.5. The number of aromatic nitrogens is 1. The van der Waals surface area contributed by atoms with Crippen molar-refractivity contribution in [3.05, 3.63) is 59.9 Å². The van der Waals surface area contributed by atoms with Crippen LogP contribution >= 0.6 is 0 Å². The summed E-state index contributed by atoms with van der Waals surface area (Å²) in [5, 5.41) is 14.0. The van der Waals surface area contributed by atoms with E-state index in [0.717, 1.165) is 0 Å². The van der Waals surface area contributed by atoms with Gasteiger partial charge < -0.3 is 10.6 Å². The first-order chi connectivity index (χ1) is 11.5. The minimum atomic E-state index is -0.763. The molecule has 24 heavy (non-hydrogen) atoms. The molecule has 0 spiro atoms. The molecule has 0 aliphatic rings. The molecule has 1 aromatic carbocycles. The fourth-order valence-corrected chi connectivity index (χ4v) is 2.16. The molecule has 0 radical (unpaired) electrons. The van der Waals surface area contributed by atoms with Gasteiger partial charge in [-0.25, -0.2) is 0 Å². The summed E-state index contributed by atoms with van der Waals surface area (Å²) in [6.45, 7) is 3.89. The number of benzene rings is 1. The Kier molecular flexibility index (Phi) is 5.63. The van der Waals surface area contributed by atoms with Gasteiger partial charge in [-0.15, -0.1) is 0 Å². The lowest BCUT2D eigenvalue weighted by atomic mass is 10.0. The van der Waals surface area contributed by atoms with Gasteiger partial charge in [0.15, 0.2) is 0 Å². The summed E-state index contributed by atoms with van der Waals surface area (Å²) in [6, 6.07) is 13.3. The number of hydrogen-bond donors (Lipinski definition) is 2. The Hall–Kier alpha value is -3.20. The van der Waals surface area contributed by atoms with Crippen LogP contribution in [0.5, 0.6) is 0 Å². The first-order valence-corrected chi connectivity index (χ1v) is 7.54. The average molecular weight is 322 g/mol. The van der Waals surface area contributed by atoms with Gasteiger partial charge >= 0.3 is 11.8 Å². The van der Waals surface area contributed by atoms with Gasteiger partial charge in [0.05, 0.1) is 23.4 Å². The largest absolute Gasteiger partial charge is 0.339 e. The molecule has 1 unspecified atom stereocenters. The number of carbonyl (C=O) groups excluding carboxylic acids is 2. The molecule has 0 saturated carbocycles. The van der Waals surface area contributed by atoms with E-state index in [2.05, 4.69) is 15.6 Å². The van der Waals surface area contributed by atoms with E-state index in [1.807, 2.05) is 32.0 Å². The van der Waals surface area contributed by atoms with E-state index in [4.69, 9.17) is 5.26 Å². The molecule has 0 fully saturated rings. The molecule has 1 aromatic heterocycles. The van der Waals surface area contributed by atoms with Gasteiger partial charge in [0.1, 0.15) is 0 Å². The summed E-state index contributed by atoms with van der Waals surface area (Å²) >= 11 is 0. The molecule has 2 rings (SSSR count). The van der Waals surface area contributed by atoms with E-state index in [0.29, 0.717) is 16.9 Å². The van der Waals surface area contributed by atoms with Gasteiger partial charge in [0.2, 0.25) is 0 Å². The van der Waals surface area contributed by atoms with Crippen LogP contribution in [0.1, 0.15) is 31.1 Å². The van der Waals surface area contributed by atoms with Gasteiger partial charge in [-0.1, -0.05) is 19.9 Å². The molecule has 0 saturated heterocycles. The highest BCUT2D eigenvalue weighted by Crippen LogP contribution is 2.19. The third-order valence-electron chi connectivity index (χ3n) is 3.44. The summed E-state index contributed by atoms with van der Waals surface area (Å²) in [4.78, 5) is 28.4. The third kappa shape index (κ3) is 4.40. The summed E-state index contributed by atoms with van der Waals surface area (Å²) in [5.41, 5.74) is 1.63. The van der Waals surface area contributed by atoms with Crippen LogP contribution in [0, 0.1) is 17.2 Å². The van der Waals surface area contributed by atoms with Crippen LogP contribution in [-0.2, 0) is 9.59 Å². The van der Waals surface area contributed by atoms with E-state index < -0.39 is 11.8 Å². The lowest BCUT2D eigenvalue weighted by Crippen LogP contribution is -2.39. The molecule has 2 aromatic rings. The Morgan fingerprint density at radius 3 is 2.33 bits per heavy atom. The number of pyridine rings is 1. The van der Waals surface area contributed by atoms with Crippen molar-refractivity contribution < 1.29 is 9.59 Å². The Morgan fingerprint density at radius 1 is 1.08 bits per heavy atom. The maximum absolute atomic E-state index is 12.2. The van der Waals surface area contributed by atoms with E-state index in [9.17, 15) is 9.59 Å². The maximum Gasteiger partial charge on any atom is 0.313 e. The number of hydrogen-bond acceptors (Lipinski definition) is 4. The van der Waals surface area contributed by atoms with Crippen molar-refractivity contribution in [1.82, 2.24) is 10.3 Å². The van der Waals surface area contributed by atoms with Crippen LogP contribution < -0.4 is 10.6 Å². The van der Waals surface area contributed by atoms with Gasteiger partial charge in [0.25, 0.3) is 0 Å². The summed E-state index contributed by atoms with van der Waals surface area (Å²) in [7, 11) is 0. The molecule has 2 amide bonds. The zero-order valence-electron chi connectivity index (χ0n) is 13.5. The van der Waals surface area contributed by atoms with Crippen LogP contribution in [-0.4, -0.2) is 16.8 Å². The van der Waals surface area contributed by atoms with Crippen LogP contribution in [0.25, 0.3) is 0 Å². The Labute approximate surface area is 140 Å². The summed E-state index contributed by atoms with van der Waals surface area (Å²) in [6.07, 6.45) is 1.65. The van der Waals surface area contributed by atoms with Crippen LogP contribution in [0.15, 0.2) is 48.7 Å². The van der Waals surface area contributed by atoms with E-state index in [1.165, 1.54) is 0 Å². The molecule has 0 aliphatic carbocycles. The molecule has 0 bridgehead atoms. The molecule has 6 heteroatoms. The third-order valence-corrected chi connectivity index (χ3v) is 3.44. The number of nitrogens with one attached hydrogen (secondary N) is 2. The standard InChI is InChI=1S/C18H18N4O2/c1-12(2)16(15-5-3-4-10-20-15)22-18(24)17(23)21-14-8-6-13(11-19)7-9-14/h3-10,12,16H,1-2H3,(H,21,23)(H,22,24). The minimum Gasteiger partial charge on any atom is -0.339 e. The quantitative estimate of drug-likeness (QED) is 0.845. The van der Waals surface area contributed by atoms with Crippen molar-refractivity contribution >= 4 is 17.5 Å². The smallest absolute Gasteiger partial charge is 0.313 e. The second-order valence-electron chi connectivity index (χ2n) is 5.59. The molecule has 1 heterocycles. The number of nitrogens with zero attached hydrogens (tertiary/aromatic N) is 2. The molecule has 122 valence electrons. The Balaban J connectivity index is 2.04. The fourth-order valence-electron chi connectivity index (χ4n) is 2.16. The van der Waals surface area contributed by atoms with E-state index in [-0.39, 0.29) is 12.0 Å². The number of carbonyl (C=O) groups is 2. The molecule has 6 nitrogen and oxygen atoms in total. The van der Waals surface area contributed by atoms with Crippen molar-refractivity contribution in [2.24, 2.45) is 5.92 Å². The second-order valence-corrected chi connectivity index (χ2v) is 5.59. The maximum atomic E-state index is 12.2. The number of anilines is 1. The van der Waals surface area contributed by atoms with Gasteiger partial charge in [-0.05, 0) is 42.3 Å². The van der Waals surface area contributed by atoms with E-state index in [1.54, 1.807) is 36.5 Å². The number of amides is 2. The van der Waals surface area contributed by atoms with E-state index >= 15 is 0 Å². The van der Waals surface area contributed by atoms with Crippen molar-refractivity contribution in [3.63, 3.8) is 0 Å². The fraction of sp³-hybridized carbons (Fsp3) is 0.222. The molecule has 2 N–H and O–H groups in total. The van der Waals surface area contributed by atoms with Crippen molar-refractivity contribution in [2.75, 3.05) is 5.32 Å². The monoisotopic (exact) mass is 322 g/mol. The highest BCUT2D eigenvalue weighted by Gasteiger charge is 2.23. The van der Waals surface area contributed by atoms with Crippen molar-refractivity contribution in [3.8, 4) is 6.07 Å².